The first-order valence-electron chi connectivity index (χ1n) is 4.79. The lowest BCUT2D eigenvalue weighted by atomic mass is 10.0. The first-order valence-corrected chi connectivity index (χ1v) is 5.67. The average Bonchev–Trinajstić information content (AvgIpc) is 2.48. The predicted molar refractivity (Wildman–Crippen MR) is 61.1 cm³/mol. The van der Waals surface area contributed by atoms with Gasteiger partial charge in [-0.05, 0) is 19.4 Å². The van der Waals surface area contributed by atoms with Crippen LogP contribution in [0.2, 0.25) is 0 Å². The summed E-state index contributed by atoms with van der Waals surface area (Å²) in [6.07, 6.45) is 0. The number of nitrogens with zero attached hydrogens (tertiary/aromatic N) is 1. The van der Waals surface area contributed by atoms with Gasteiger partial charge in [-0.15, -0.1) is 11.3 Å². The summed E-state index contributed by atoms with van der Waals surface area (Å²) in [5.74, 6) is -0.0409. The Bertz CT molecular complexity index is 416. The molecule has 80 valence electrons. The highest BCUT2D eigenvalue weighted by Gasteiger charge is 2.16. The van der Waals surface area contributed by atoms with Crippen LogP contribution in [0.5, 0.6) is 0 Å². The van der Waals surface area contributed by atoms with Crippen LogP contribution in [0.3, 0.4) is 0 Å². The fourth-order valence-electron chi connectivity index (χ4n) is 1.28. The fourth-order valence-corrected chi connectivity index (χ4v) is 1.96. The number of aromatic nitrogens is 1. The molecule has 0 bridgehead atoms. The molecule has 5 heteroatoms. The molecule has 2 rings (SSSR count). The summed E-state index contributed by atoms with van der Waals surface area (Å²) < 4.78 is 0. The number of rotatable bonds is 2. The van der Waals surface area contributed by atoms with Crippen LogP contribution in [0.25, 0.3) is 0 Å². The van der Waals surface area contributed by atoms with Crippen LogP contribution in [0, 0.1) is 6.92 Å². The third kappa shape index (κ3) is 2.24. The second-order valence-corrected chi connectivity index (χ2v) is 4.44. The Morgan fingerprint density at radius 2 is 2.33 bits per heavy atom. The quantitative estimate of drug-likeness (QED) is 0.743. The van der Waals surface area contributed by atoms with E-state index in [2.05, 4.69) is 15.6 Å². The standard InChI is InChI=1S/C10H13N3OS/c1-6-5-15-10(12-6)13-9(14)7(2)8-3-11-4-8/h5,11H,3-4H2,1-2H3,(H,12,13,14). The zero-order chi connectivity index (χ0) is 10.8. The summed E-state index contributed by atoms with van der Waals surface area (Å²) in [6, 6.07) is 0. The van der Waals surface area contributed by atoms with Gasteiger partial charge in [-0.3, -0.25) is 10.1 Å². The van der Waals surface area contributed by atoms with Gasteiger partial charge >= 0.3 is 0 Å². The number of amides is 1. The first kappa shape index (κ1) is 10.3. The minimum absolute atomic E-state index is 0.0409. The third-order valence-corrected chi connectivity index (χ3v) is 3.26. The number of aryl methyl sites for hydroxylation is 1. The number of carbonyl (C=O) groups excluding carboxylic acids is 1. The molecule has 1 aromatic rings. The molecule has 2 N–H and O–H groups in total. The highest BCUT2D eigenvalue weighted by atomic mass is 32.1. The summed E-state index contributed by atoms with van der Waals surface area (Å²) in [6.45, 7) is 5.42. The Balaban J connectivity index is 2.03. The molecule has 1 aliphatic rings. The normalized spacial score (nSPS) is 14.7. The summed E-state index contributed by atoms with van der Waals surface area (Å²) in [4.78, 5) is 15.9. The number of nitrogens with one attached hydrogen (secondary N) is 2. The van der Waals surface area contributed by atoms with Gasteiger partial charge in [-0.1, -0.05) is 0 Å². The van der Waals surface area contributed by atoms with Crippen molar-refractivity contribution in [3.8, 4) is 0 Å². The highest BCUT2D eigenvalue weighted by molar-refractivity contribution is 7.13. The van der Waals surface area contributed by atoms with Gasteiger partial charge in [-0.25, -0.2) is 4.98 Å². The van der Waals surface area contributed by atoms with Crippen LogP contribution in [0.1, 0.15) is 12.6 Å². The minimum atomic E-state index is -0.0409. The second kappa shape index (κ2) is 4.12. The van der Waals surface area contributed by atoms with Crippen molar-refractivity contribution in [2.75, 3.05) is 18.4 Å². The van der Waals surface area contributed by atoms with Gasteiger partial charge in [0, 0.05) is 24.0 Å². The molecule has 0 aliphatic carbocycles. The van der Waals surface area contributed by atoms with Gasteiger partial charge in [0.1, 0.15) is 0 Å². The van der Waals surface area contributed by atoms with Gasteiger partial charge in [0.05, 0.1) is 5.69 Å². The van der Waals surface area contributed by atoms with Crippen molar-refractivity contribution in [3.63, 3.8) is 0 Å². The van der Waals surface area contributed by atoms with Crippen molar-refractivity contribution in [3.05, 3.63) is 22.2 Å². The van der Waals surface area contributed by atoms with Crippen LogP contribution in [0.15, 0.2) is 16.5 Å². The summed E-state index contributed by atoms with van der Waals surface area (Å²) in [5, 5.41) is 8.50. The molecule has 0 radical (unpaired) electrons. The van der Waals surface area contributed by atoms with Gasteiger partial charge in [-0.2, -0.15) is 0 Å². The van der Waals surface area contributed by atoms with E-state index in [1.165, 1.54) is 16.9 Å². The van der Waals surface area contributed by atoms with E-state index in [0.29, 0.717) is 5.13 Å². The number of anilines is 1. The van der Waals surface area contributed by atoms with Gasteiger partial charge in [0.25, 0.3) is 5.91 Å². The molecule has 15 heavy (non-hydrogen) atoms. The molecule has 0 saturated carbocycles. The maximum absolute atomic E-state index is 11.7. The lowest BCUT2D eigenvalue weighted by Crippen LogP contribution is -2.36. The van der Waals surface area contributed by atoms with E-state index in [1.54, 1.807) is 0 Å². The maximum atomic E-state index is 11.7. The Labute approximate surface area is 92.4 Å². The van der Waals surface area contributed by atoms with Gasteiger partial charge in [0.15, 0.2) is 5.13 Å². The van der Waals surface area contributed by atoms with E-state index < -0.39 is 0 Å². The first-order chi connectivity index (χ1) is 7.16. The molecule has 4 nitrogen and oxygen atoms in total. The van der Waals surface area contributed by atoms with E-state index >= 15 is 0 Å². The monoisotopic (exact) mass is 223 g/mol. The number of hydrogen-bond donors (Lipinski definition) is 2. The molecule has 0 unspecified atom stereocenters. The van der Waals surface area contributed by atoms with Crippen molar-refractivity contribution in [2.45, 2.75) is 13.8 Å². The van der Waals surface area contributed by atoms with Crippen molar-refractivity contribution in [1.82, 2.24) is 10.3 Å². The number of thiazole rings is 1. The molecule has 1 amide bonds. The molecule has 2 heterocycles. The molecule has 1 aliphatic heterocycles. The Hall–Kier alpha value is -1.20. The SMILES string of the molecule is CC(C(=O)Nc1nc(C)cs1)=C1CNC1. The van der Waals surface area contributed by atoms with E-state index in [1.807, 2.05) is 19.2 Å². The average molecular weight is 223 g/mol. The third-order valence-electron chi connectivity index (χ3n) is 2.39. The minimum Gasteiger partial charge on any atom is -0.309 e. The highest BCUT2D eigenvalue weighted by Crippen LogP contribution is 2.16. The maximum Gasteiger partial charge on any atom is 0.253 e. The molecular weight excluding hydrogens is 210 g/mol. The van der Waals surface area contributed by atoms with Crippen molar-refractivity contribution >= 4 is 22.4 Å². The lowest BCUT2D eigenvalue weighted by Gasteiger charge is -2.21. The van der Waals surface area contributed by atoms with Crippen LogP contribution < -0.4 is 10.6 Å². The smallest absolute Gasteiger partial charge is 0.253 e. The number of carbonyl (C=O) groups is 1. The van der Waals surface area contributed by atoms with E-state index in [4.69, 9.17) is 0 Å². The Morgan fingerprint density at radius 1 is 1.60 bits per heavy atom. The Morgan fingerprint density at radius 3 is 2.80 bits per heavy atom. The van der Waals surface area contributed by atoms with E-state index in [-0.39, 0.29) is 5.91 Å². The lowest BCUT2D eigenvalue weighted by molar-refractivity contribution is -0.112. The van der Waals surface area contributed by atoms with Gasteiger partial charge < -0.3 is 5.32 Å². The van der Waals surface area contributed by atoms with E-state index in [9.17, 15) is 4.79 Å². The van der Waals surface area contributed by atoms with Crippen LogP contribution in [0.4, 0.5) is 5.13 Å². The van der Waals surface area contributed by atoms with Crippen molar-refractivity contribution < 1.29 is 4.79 Å². The summed E-state index contributed by atoms with van der Waals surface area (Å²) >= 11 is 1.45. The molecule has 0 atom stereocenters. The molecule has 0 aromatic carbocycles. The number of hydrogen-bond acceptors (Lipinski definition) is 4. The largest absolute Gasteiger partial charge is 0.309 e. The van der Waals surface area contributed by atoms with Crippen molar-refractivity contribution in [2.24, 2.45) is 0 Å². The fraction of sp³-hybridized carbons (Fsp3) is 0.400. The molecule has 0 spiro atoms. The zero-order valence-electron chi connectivity index (χ0n) is 8.76. The van der Waals surface area contributed by atoms with Crippen LogP contribution >= 0.6 is 11.3 Å². The molecule has 1 fully saturated rings. The second-order valence-electron chi connectivity index (χ2n) is 3.58. The summed E-state index contributed by atoms with van der Waals surface area (Å²) in [7, 11) is 0. The topological polar surface area (TPSA) is 54.0 Å². The zero-order valence-corrected chi connectivity index (χ0v) is 9.57. The van der Waals surface area contributed by atoms with E-state index in [0.717, 1.165) is 24.4 Å². The van der Waals surface area contributed by atoms with Gasteiger partial charge in [0.2, 0.25) is 0 Å². The Kier molecular flexibility index (Phi) is 2.83. The van der Waals surface area contributed by atoms with Crippen LogP contribution in [-0.2, 0) is 4.79 Å². The predicted octanol–water partition coefficient (Wildman–Crippen LogP) is 1.31. The van der Waals surface area contributed by atoms with Crippen LogP contribution in [-0.4, -0.2) is 24.0 Å². The molecule has 1 saturated heterocycles. The van der Waals surface area contributed by atoms with Crippen molar-refractivity contribution in [1.29, 1.82) is 0 Å². The summed E-state index contributed by atoms with van der Waals surface area (Å²) in [5.41, 5.74) is 2.92. The molecular formula is C10H13N3OS. The molecule has 1 aromatic heterocycles.